The molecule has 21 heavy (non-hydrogen) atoms. The molecule has 0 bridgehead atoms. The van der Waals surface area contributed by atoms with E-state index < -0.39 is 0 Å². The number of carbonyl (C=O) groups excluding carboxylic acids is 1. The molecular weight excluding hydrogens is 280 g/mol. The summed E-state index contributed by atoms with van der Waals surface area (Å²) in [6.45, 7) is 2.01. The lowest BCUT2D eigenvalue weighted by Crippen LogP contribution is -2.27. The highest BCUT2D eigenvalue weighted by Gasteiger charge is 2.11. The van der Waals surface area contributed by atoms with Crippen molar-refractivity contribution in [3.05, 3.63) is 65.2 Å². The number of aryl methyl sites for hydroxylation is 1. The molecule has 1 amide bonds. The Bertz CT molecular complexity index is 665. The summed E-state index contributed by atoms with van der Waals surface area (Å²) >= 11 is 4.91. The van der Waals surface area contributed by atoms with Crippen LogP contribution in [0.25, 0.3) is 0 Å². The van der Waals surface area contributed by atoms with Gasteiger partial charge in [-0.25, -0.2) is 0 Å². The van der Waals surface area contributed by atoms with Crippen LogP contribution < -0.4 is 10.6 Å². The summed E-state index contributed by atoms with van der Waals surface area (Å²) in [5.74, 6) is 0.0451. The van der Waals surface area contributed by atoms with Crippen LogP contribution in [0.4, 0.5) is 5.69 Å². The van der Waals surface area contributed by atoms with E-state index >= 15 is 0 Å². The summed E-state index contributed by atoms with van der Waals surface area (Å²) in [6.07, 6.45) is 0.349. The predicted octanol–water partition coefficient (Wildman–Crippen LogP) is 2.83. The molecule has 0 aliphatic carbocycles. The molecule has 2 aromatic rings. The van der Waals surface area contributed by atoms with Crippen LogP contribution in [0.1, 0.15) is 16.7 Å². The second-order valence-corrected chi connectivity index (χ2v) is 5.47. The third-order valence-corrected chi connectivity index (χ3v) is 3.59. The predicted molar refractivity (Wildman–Crippen MR) is 90.6 cm³/mol. The molecule has 0 fully saturated rings. The van der Waals surface area contributed by atoms with Gasteiger partial charge in [0.2, 0.25) is 5.91 Å². The van der Waals surface area contributed by atoms with Gasteiger partial charge in [0, 0.05) is 18.3 Å². The first-order valence-electron chi connectivity index (χ1n) is 6.69. The standard InChI is InChI=1S/C17H18N2OS/c1-12-4-3-5-15(10-12)19(2)16(20)11-13-6-8-14(9-7-13)17(18)21/h3-10H,11H2,1-2H3,(H2,18,21). The molecule has 0 aliphatic rings. The summed E-state index contributed by atoms with van der Waals surface area (Å²) in [6, 6.07) is 15.3. The van der Waals surface area contributed by atoms with Crippen LogP contribution in [-0.2, 0) is 11.2 Å². The van der Waals surface area contributed by atoms with Crippen LogP contribution in [-0.4, -0.2) is 17.9 Å². The van der Waals surface area contributed by atoms with Crippen LogP contribution in [0.5, 0.6) is 0 Å². The van der Waals surface area contributed by atoms with Gasteiger partial charge in [-0.05, 0) is 30.2 Å². The molecule has 3 nitrogen and oxygen atoms in total. The maximum atomic E-state index is 12.3. The number of thiocarbonyl (C=S) groups is 1. The Labute approximate surface area is 130 Å². The molecule has 0 saturated carbocycles. The average molecular weight is 298 g/mol. The van der Waals surface area contributed by atoms with Gasteiger partial charge in [-0.15, -0.1) is 0 Å². The lowest BCUT2D eigenvalue weighted by molar-refractivity contribution is -0.117. The van der Waals surface area contributed by atoms with Gasteiger partial charge < -0.3 is 10.6 Å². The number of likely N-dealkylation sites (N-methyl/N-ethyl adjacent to an activating group) is 1. The number of rotatable bonds is 4. The van der Waals surface area contributed by atoms with E-state index in [9.17, 15) is 4.79 Å². The van der Waals surface area contributed by atoms with Gasteiger partial charge in [-0.2, -0.15) is 0 Å². The maximum absolute atomic E-state index is 12.3. The van der Waals surface area contributed by atoms with Crippen molar-refractivity contribution in [3.63, 3.8) is 0 Å². The Morgan fingerprint density at radius 2 is 1.86 bits per heavy atom. The average Bonchev–Trinajstić information content (AvgIpc) is 2.47. The first-order chi connectivity index (χ1) is 9.97. The molecule has 2 rings (SSSR count). The molecule has 2 N–H and O–H groups in total. The number of carbonyl (C=O) groups is 1. The monoisotopic (exact) mass is 298 g/mol. The highest BCUT2D eigenvalue weighted by Crippen LogP contribution is 2.16. The molecule has 0 heterocycles. The number of amides is 1. The zero-order chi connectivity index (χ0) is 15.4. The first-order valence-corrected chi connectivity index (χ1v) is 7.10. The van der Waals surface area contributed by atoms with Crippen molar-refractivity contribution in [1.82, 2.24) is 0 Å². The number of benzene rings is 2. The maximum Gasteiger partial charge on any atom is 0.231 e. The molecular formula is C17H18N2OS. The fourth-order valence-electron chi connectivity index (χ4n) is 2.06. The molecule has 0 saturated heterocycles. The second-order valence-electron chi connectivity index (χ2n) is 5.03. The lowest BCUT2D eigenvalue weighted by atomic mass is 10.1. The van der Waals surface area contributed by atoms with Crippen LogP contribution in [0.15, 0.2) is 48.5 Å². The van der Waals surface area contributed by atoms with E-state index in [2.05, 4.69) is 0 Å². The number of hydrogen-bond donors (Lipinski definition) is 1. The molecule has 0 aliphatic heterocycles. The third-order valence-electron chi connectivity index (χ3n) is 3.36. The van der Waals surface area contributed by atoms with E-state index in [-0.39, 0.29) is 5.91 Å². The van der Waals surface area contributed by atoms with E-state index in [0.717, 1.165) is 22.4 Å². The zero-order valence-electron chi connectivity index (χ0n) is 12.2. The van der Waals surface area contributed by atoms with Gasteiger partial charge in [0.25, 0.3) is 0 Å². The number of hydrogen-bond acceptors (Lipinski definition) is 2. The summed E-state index contributed by atoms with van der Waals surface area (Å²) in [7, 11) is 1.79. The molecule has 2 aromatic carbocycles. The number of nitrogens with zero attached hydrogens (tertiary/aromatic N) is 1. The van der Waals surface area contributed by atoms with Gasteiger partial charge in [-0.3, -0.25) is 4.79 Å². The van der Waals surface area contributed by atoms with Crippen molar-refractivity contribution in [3.8, 4) is 0 Å². The van der Waals surface area contributed by atoms with Crippen molar-refractivity contribution < 1.29 is 4.79 Å². The van der Waals surface area contributed by atoms with E-state index in [1.165, 1.54) is 0 Å². The van der Waals surface area contributed by atoms with Gasteiger partial charge in [0.05, 0.1) is 6.42 Å². The SMILES string of the molecule is Cc1cccc(N(C)C(=O)Cc2ccc(C(N)=S)cc2)c1. The van der Waals surface area contributed by atoms with Gasteiger partial charge in [0.1, 0.15) is 4.99 Å². The summed E-state index contributed by atoms with van der Waals surface area (Å²) in [4.78, 5) is 14.4. The summed E-state index contributed by atoms with van der Waals surface area (Å²) < 4.78 is 0. The molecule has 0 atom stereocenters. The van der Waals surface area contributed by atoms with Gasteiger partial charge >= 0.3 is 0 Å². The van der Waals surface area contributed by atoms with Gasteiger partial charge in [-0.1, -0.05) is 48.6 Å². The topological polar surface area (TPSA) is 46.3 Å². The van der Waals surface area contributed by atoms with E-state index in [1.54, 1.807) is 11.9 Å². The highest BCUT2D eigenvalue weighted by atomic mass is 32.1. The Hall–Kier alpha value is -2.20. The molecule has 0 spiro atoms. The van der Waals surface area contributed by atoms with Crippen LogP contribution >= 0.6 is 12.2 Å². The Balaban J connectivity index is 2.08. The minimum atomic E-state index is 0.0451. The fraction of sp³-hybridized carbons (Fsp3) is 0.176. The minimum Gasteiger partial charge on any atom is -0.389 e. The van der Waals surface area contributed by atoms with Crippen molar-refractivity contribution in [2.45, 2.75) is 13.3 Å². The van der Waals surface area contributed by atoms with Crippen molar-refractivity contribution in [2.75, 3.05) is 11.9 Å². The second kappa shape index (κ2) is 6.50. The van der Waals surface area contributed by atoms with Crippen LogP contribution in [0, 0.1) is 6.92 Å². The Morgan fingerprint density at radius 1 is 1.19 bits per heavy atom. The first kappa shape index (κ1) is 15.2. The number of nitrogens with two attached hydrogens (primary N) is 1. The fourth-order valence-corrected chi connectivity index (χ4v) is 2.20. The van der Waals surface area contributed by atoms with Crippen LogP contribution in [0.3, 0.4) is 0 Å². The number of anilines is 1. The quantitative estimate of drug-likeness (QED) is 0.883. The van der Waals surface area contributed by atoms with Crippen LogP contribution in [0.2, 0.25) is 0 Å². The summed E-state index contributed by atoms with van der Waals surface area (Å²) in [5, 5.41) is 0. The van der Waals surface area contributed by atoms with E-state index in [4.69, 9.17) is 18.0 Å². The van der Waals surface area contributed by atoms with E-state index in [0.29, 0.717) is 11.4 Å². The largest absolute Gasteiger partial charge is 0.389 e. The molecule has 0 unspecified atom stereocenters. The van der Waals surface area contributed by atoms with Crippen molar-refractivity contribution in [2.24, 2.45) is 5.73 Å². The normalized spacial score (nSPS) is 10.2. The summed E-state index contributed by atoms with van der Waals surface area (Å²) in [5.41, 5.74) is 9.35. The lowest BCUT2D eigenvalue weighted by Gasteiger charge is -2.18. The molecule has 0 aromatic heterocycles. The molecule has 4 heteroatoms. The van der Waals surface area contributed by atoms with Gasteiger partial charge in [0.15, 0.2) is 0 Å². The third kappa shape index (κ3) is 3.89. The smallest absolute Gasteiger partial charge is 0.231 e. The highest BCUT2D eigenvalue weighted by molar-refractivity contribution is 7.80. The molecule has 0 radical (unpaired) electrons. The molecule has 108 valence electrons. The van der Waals surface area contributed by atoms with E-state index in [1.807, 2.05) is 55.5 Å². The minimum absolute atomic E-state index is 0.0451. The zero-order valence-corrected chi connectivity index (χ0v) is 13.0. The van der Waals surface area contributed by atoms with Crippen molar-refractivity contribution >= 4 is 28.8 Å². The van der Waals surface area contributed by atoms with Crippen molar-refractivity contribution in [1.29, 1.82) is 0 Å². The Morgan fingerprint density at radius 3 is 2.43 bits per heavy atom. The Kier molecular flexibility index (Phi) is 4.70.